The highest BCUT2D eigenvalue weighted by Crippen LogP contribution is 2.30. The van der Waals surface area contributed by atoms with Gasteiger partial charge in [-0.05, 0) is 140 Å². The summed E-state index contributed by atoms with van der Waals surface area (Å²) in [6.07, 6.45) is 17.5. The third-order valence-electron chi connectivity index (χ3n) is 15.9. The number of azo groups is 2. The van der Waals surface area contributed by atoms with Crippen molar-refractivity contribution in [2.75, 3.05) is 62.4 Å². The van der Waals surface area contributed by atoms with E-state index in [4.69, 9.17) is 61.5 Å². The van der Waals surface area contributed by atoms with Gasteiger partial charge in [-0.15, -0.1) is 0 Å². The largest absolute Gasteiger partial charge is 0.464 e. The van der Waals surface area contributed by atoms with E-state index < -0.39 is 11.8 Å². The third-order valence-corrected chi connectivity index (χ3v) is 16.2. The van der Waals surface area contributed by atoms with Crippen molar-refractivity contribution < 1.29 is 43.7 Å². The van der Waals surface area contributed by atoms with E-state index in [0.717, 1.165) is 99.6 Å². The van der Waals surface area contributed by atoms with E-state index >= 15 is 0 Å². The Labute approximate surface area is 598 Å². The van der Waals surface area contributed by atoms with Gasteiger partial charge in [-0.3, -0.25) is 24.0 Å². The number of allylic oxidation sites excluding steroid dienone is 3. The van der Waals surface area contributed by atoms with E-state index in [1.165, 1.54) is 12.2 Å². The molecular weight excluding hydrogens is 1300 g/mol. The summed E-state index contributed by atoms with van der Waals surface area (Å²) in [6.45, 7) is 36.0. The molecule has 3 atom stereocenters. The minimum absolute atomic E-state index is 0. The Balaban J connectivity index is 0.000000483. The molecule has 0 spiro atoms. The van der Waals surface area contributed by atoms with Gasteiger partial charge in [0.05, 0.1) is 115 Å². The van der Waals surface area contributed by atoms with Crippen LogP contribution in [0.5, 0.6) is 0 Å². The Morgan fingerprint density at radius 1 is 0.545 bits per heavy atom. The molecule has 0 radical (unpaired) electrons. The molecule has 2 aliphatic rings. The van der Waals surface area contributed by atoms with Crippen molar-refractivity contribution in [2.24, 2.45) is 38.2 Å². The fourth-order valence-electron chi connectivity index (χ4n) is 10.0. The molecule has 24 heteroatoms. The number of unbranched alkanes of at least 4 members (excludes halogenated alkanes) is 3. The maximum Gasteiger partial charge on any atom is 0.308 e. The molecule has 2 aliphatic heterocycles. The Bertz CT molecular complexity index is 3870. The van der Waals surface area contributed by atoms with Crippen LogP contribution in [0.2, 0.25) is 0 Å². The normalized spacial score (nSPS) is 14.2. The number of hydrogen-bond acceptors (Lipinski definition) is 18. The highest BCUT2D eigenvalue weighted by Gasteiger charge is 2.30. The van der Waals surface area contributed by atoms with Crippen molar-refractivity contribution in [3.8, 4) is 18.2 Å². The summed E-state index contributed by atoms with van der Waals surface area (Å²) in [5.74, 6) is -1.57. The Hall–Kier alpha value is -11.2. The minimum Gasteiger partial charge on any atom is -0.464 e. The first kappa shape index (κ1) is 84.0. The Morgan fingerprint density at radius 3 is 1.25 bits per heavy atom. The number of anilines is 2. The first-order chi connectivity index (χ1) is 48.5. The fourth-order valence-corrected chi connectivity index (χ4v) is 10.3. The number of hydrogen-bond donors (Lipinski definition) is 4. The van der Waals surface area contributed by atoms with Crippen LogP contribution in [0.25, 0.3) is 26.7 Å². The molecule has 101 heavy (non-hydrogen) atoms. The van der Waals surface area contributed by atoms with Gasteiger partial charge < -0.3 is 40.1 Å². The molecule has 0 fully saturated rings. The quantitative estimate of drug-likeness (QED) is 0.0109. The molecule has 528 valence electrons. The van der Waals surface area contributed by atoms with Crippen LogP contribution in [0.4, 0.5) is 34.1 Å². The lowest BCUT2D eigenvalue weighted by Gasteiger charge is -2.25. The lowest BCUT2D eigenvalue weighted by molar-refractivity contribution is -0.149. The van der Waals surface area contributed by atoms with Gasteiger partial charge in [0.15, 0.2) is 0 Å². The second-order valence-corrected chi connectivity index (χ2v) is 23.0. The fraction of sp³-hybridized carbons (Fsp3) is 0.390. The molecule has 0 saturated carbocycles. The summed E-state index contributed by atoms with van der Waals surface area (Å²) in [7, 11) is 0. The van der Waals surface area contributed by atoms with Crippen LogP contribution in [-0.2, 0) is 33.4 Å². The average Bonchev–Trinajstić information content (AvgIpc) is 1.69. The van der Waals surface area contributed by atoms with E-state index in [0.29, 0.717) is 48.9 Å². The number of aliphatic hydroxyl groups is 2. The summed E-state index contributed by atoms with van der Waals surface area (Å²) < 4.78 is 11.4. The number of benzene rings is 4. The predicted molar refractivity (Wildman–Crippen MR) is 391 cm³/mol. The van der Waals surface area contributed by atoms with Crippen molar-refractivity contribution in [1.29, 1.82) is 15.8 Å². The van der Waals surface area contributed by atoms with Crippen molar-refractivity contribution in [3.63, 3.8) is 0 Å². The number of carbonyl (C=O) groups excluding carboxylic acids is 5. The number of nitrogens with one attached hydrogen (secondary N) is 2. The molecule has 0 saturated heterocycles. The highest BCUT2D eigenvalue weighted by atomic mass is 35.5. The second-order valence-electron chi connectivity index (χ2n) is 22.7. The molecule has 23 nitrogen and oxygen atoms in total. The zero-order chi connectivity index (χ0) is 73.2. The van der Waals surface area contributed by atoms with Crippen molar-refractivity contribution in [3.05, 3.63) is 200 Å². The van der Waals surface area contributed by atoms with Crippen LogP contribution in [0, 0.1) is 71.5 Å². The summed E-state index contributed by atoms with van der Waals surface area (Å²) in [6, 6.07) is 34.1. The lowest BCUT2D eigenvalue weighted by atomic mass is 10.00. The van der Waals surface area contributed by atoms with E-state index in [9.17, 15) is 29.2 Å². The standard InChI is InChI=1S/C42H49N7O5.C26H21N7O3.C8H15ClO.CH4/c1-7-11-13-31(9-3)41(51)53-27-25-49(26-28-54-42(52)32(10-4)14-12-8-2)35-22-20-34(21-23-35)48-47-33-18-15-30(16-19-33)17-24-36-38(45-6)39(46-40(36)50)37(29-43)44-5;1-29-24(17-28)25-23(16-27)22(26(36)30-25)11-4-18-2-5-19(6-3-18)31-32-20-7-9-21(10-8-20)33(12-14-34)13-15-35;1-3-5-6-7(4-2)8(9)10;/h15-24,31-32H,7-14,25-28H2,1-4H3,(H,46,50);2-11,34-35H,12-15H2,(H,30,36);7H,3-6H2,1-2H3;1H4/b24-17+,39-37+,48-47?;11-4+,25-24-,32-31?;;. The van der Waals surface area contributed by atoms with E-state index in [1.54, 1.807) is 85.0 Å². The smallest absolute Gasteiger partial charge is 0.308 e. The number of carbonyl (C=O) groups is 5. The molecule has 4 aromatic carbocycles. The van der Waals surface area contributed by atoms with Crippen molar-refractivity contribution in [2.45, 2.75) is 126 Å². The first-order valence-corrected chi connectivity index (χ1v) is 33.6. The monoisotopic (exact) mass is 1390 g/mol. The maximum atomic E-state index is 12.7. The molecule has 2 heterocycles. The topological polar surface area (TPSA) is 309 Å². The Kier molecular flexibility index (Phi) is 39.0. The van der Waals surface area contributed by atoms with Gasteiger partial charge in [-0.2, -0.15) is 25.7 Å². The molecule has 3 unspecified atom stereocenters. The molecule has 2 amide bonds. The number of aliphatic hydroxyl groups excluding tert-OH is 2. The number of nitriles is 3. The lowest BCUT2D eigenvalue weighted by Crippen LogP contribution is -2.33. The SMILES string of the molecule is C.CCCCC(CC)C(=O)Cl.[C-]#[N+]/C(C#N)=C1\NC(=O)C(/C=C/c2ccc(N=Nc3ccc(N(CCO)CCO)cc3)cc2)=C1C#N.[C-]#[N+]C1=C(/C=C/c2ccc(N=Nc3ccc(N(CCOC(=O)C(CC)CCCC)CCOC(=O)C(CC)CCCC)cc3)cc2)C(=O)N/C1=C(\C#N)[N+]#[C-]. The van der Waals surface area contributed by atoms with E-state index in [-0.39, 0.29) is 114 Å². The number of halogens is 1. The van der Waals surface area contributed by atoms with E-state index in [2.05, 4.69) is 66.4 Å². The predicted octanol–water partition coefficient (Wildman–Crippen LogP) is 16.5. The van der Waals surface area contributed by atoms with Gasteiger partial charge >= 0.3 is 11.9 Å². The van der Waals surface area contributed by atoms with Gasteiger partial charge in [-0.25, -0.2) is 25.1 Å². The van der Waals surface area contributed by atoms with E-state index in [1.807, 2.05) is 73.0 Å². The Morgan fingerprint density at radius 2 is 0.901 bits per heavy atom. The van der Waals surface area contributed by atoms with Crippen LogP contribution in [-0.4, -0.2) is 91.8 Å². The summed E-state index contributed by atoms with van der Waals surface area (Å²) in [4.78, 5) is 74.2. The summed E-state index contributed by atoms with van der Waals surface area (Å²) in [5, 5.41) is 67.8. The van der Waals surface area contributed by atoms with Gasteiger partial charge in [0, 0.05) is 36.0 Å². The number of amides is 2. The average molecular weight is 1390 g/mol. The van der Waals surface area contributed by atoms with Crippen LogP contribution in [0.1, 0.15) is 137 Å². The van der Waals surface area contributed by atoms with Crippen molar-refractivity contribution in [1.82, 2.24) is 10.6 Å². The molecule has 0 bridgehead atoms. The molecule has 4 N–H and O–H groups in total. The molecule has 4 aromatic rings. The maximum absolute atomic E-state index is 12.7. The number of nitrogens with zero attached hydrogens (tertiary/aromatic N) is 12. The minimum atomic E-state index is -0.555. The zero-order valence-corrected chi connectivity index (χ0v) is 58.2. The van der Waals surface area contributed by atoms with Crippen LogP contribution in [0.3, 0.4) is 0 Å². The number of rotatable bonds is 35. The third kappa shape index (κ3) is 27.2. The van der Waals surface area contributed by atoms with Crippen LogP contribution in [0.15, 0.2) is 175 Å². The first-order valence-electron chi connectivity index (χ1n) is 33.3. The highest BCUT2D eigenvalue weighted by molar-refractivity contribution is 6.63. The van der Waals surface area contributed by atoms with Crippen LogP contribution < -0.4 is 20.4 Å². The summed E-state index contributed by atoms with van der Waals surface area (Å²) in [5.41, 5.74) is 4.86. The molecular formula is C77H89ClN14O9. The van der Waals surface area contributed by atoms with Gasteiger partial charge in [0.2, 0.25) is 16.8 Å². The van der Waals surface area contributed by atoms with Crippen LogP contribution >= 0.6 is 11.6 Å². The van der Waals surface area contributed by atoms with Gasteiger partial charge in [-0.1, -0.05) is 130 Å². The molecule has 0 aromatic heterocycles. The molecule has 6 rings (SSSR count). The van der Waals surface area contributed by atoms with Crippen molar-refractivity contribution >= 4 is 86.9 Å². The van der Waals surface area contributed by atoms with Gasteiger partial charge in [0.1, 0.15) is 19.3 Å². The zero-order valence-electron chi connectivity index (χ0n) is 57.4. The number of ether oxygens (including phenoxy) is 2. The second kappa shape index (κ2) is 46.9. The summed E-state index contributed by atoms with van der Waals surface area (Å²) >= 11 is 5.34. The number of esters is 2. The van der Waals surface area contributed by atoms with Gasteiger partial charge in [0.25, 0.3) is 17.3 Å². The molecule has 0 aliphatic carbocycles.